The number of hydrogen-bond acceptors (Lipinski definition) is 3. The van der Waals surface area contributed by atoms with Gasteiger partial charge in [-0.15, -0.1) is 0 Å². The van der Waals surface area contributed by atoms with Crippen LogP contribution < -0.4 is 5.32 Å². The highest BCUT2D eigenvalue weighted by atomic mass is 35.5. The average molecular weight is 354 g/mol. The Morgan fingerprint density at radius 1 is 1.42 bits per heavy atom. The number of aliphatic hydroxyl groups is 1. The number of aliphatic imine (C=N–C) groups is 1. The summed E-state index contributed by atoms with van der Waals surface area (Å²) >= 11 is 5.87. The summed E-state index contributed by atoms with van der Waals surface area (Å²) in [5.74, 6) is 1.56. The summed E-state index contributed by atoms with van der Waals surface area (Å²) in [6.45, 7) is 5.45. The number of rotatable bonds is 9. The van der Waals surface area contributed by atoms with E-state index in [-0.39, 0.29) is 0 Å². The SMILES string of the molecule is CCNC(=NCC(O)c1ccc(Cl)cc1)N(C)CCOCC1CC1. The van der Waals surface area contributed by atoms with Crippen LogP contribution in [0.3, 0.4) is 0 Å². The maximum absolute atomic E-state index is 10.3. The molecule has 2 N–H and O–H groups in total. The Morgan fingerprint density at radius 3 is 2.75 bits per heavy atom. The molecule has 134 valence electrons. The number of guanidine groups is 1. The highest BCUT2D eigenvalue weighted by molar-refractivity contribution is 6.30. The van der Waals surface area contributed by atoms with E-state index in [2.05, 4.69) is 10.3 Å². The first-order chi connectivity index (χ1) is 11.6. The predicted molar refractivity (Wildman–Crippen MR) is 98.6 cm³/mol. The van der Waals surface area contributed by atoms with Gasteiger partial charge in [-0.1, -0.05) is 23.7 Å². The Bertz CT molecular complexity index is 518. The Balaban J connectivity index is 1.82. The predicted octanol–water partition coefficient (Wildman–Crippen LogP) is 2.70. The van der Waals surface area contributed by atoms with Gasteiger partial charge in [-0.25, -0.2) is 0 Å². The third kappa shape index (κ3) is 6.67. The normalized spacial score (nSPS) is 16.1. The van der Waals surface area contributed by atoms with E-state index in [1.54, 1.807) is 12.1 Å². The van der Waals surface area contributed by atoms with Crippen LogP contribution >= 0.6 is 11.6 Å². The molecular formula is C18H28ClN3O2. The van der Waals surface area contributed by atoms with Gasteiger partial charge in [0.1, 0.15) is 0 Å². The molecule has 0 amide bonds. The molecule has 1 aliphatic rings. The van der Waals surface area contributed by atoms with Crippen molar-refractivity contribution in [3.63, 3.8) is 0 Å². The first-order valence-electron chi connectivity index (χ1n) is 8.61. The topological polar surface area (TPSA) is 57.1 Å². The quantitative estimate of drug-likeness (QED) is 0.407. The first-order valence-corrected chi connectivity index (χ1v) is 8.98. The molecule has 0 spiro atoms. The van der Waals surface area contributed by atoms with Crippen LogP contribution in [0.25, 0.3) is 0 Å². The highest BCUT2D eigenvalue weighted by Crippen LogP contribution is 2.28. The molecule has 0 bridgehead atoms. The number of hydrogen-bond donors (Lipinski definition) is 2. The van der Waals surface area contributed by atoms with Crippen LogP contribution in [0.15, 0.2) is 29.3 Å². The summed E-state index contributed by atoms with van der Waals surface area (Å²) in [5, 5.41) is 14.2. The van der Waals surface area contributed by atoms with Gasteiger partial charge in [-0.05, 0) is 43.4 Å². The van der Waals surface area contributed by atoms with Crippen molar-refractivity contribution in [1.29, 1.82) is 0 Å². The monoisotopic (exact) mass is 353 g/mol. The van der Waals surface area contributed by atoms with Crippen molar-refractivity contribution >= 4 is 17.6 Å². The Labute approximate surface area is 149 Å². The molecule has 6 heteroatoms. The lowest BCUT2D eigenvalue weighted by atomic mass is 10.1. The summed E-state index contributed by atoms with van der Waals surface area (Å²) in [6, 6.07) is 7.20. The van der Waals surface area contributed by atoms with E-state index >= 15 is 0 Å². The van der Waals surface area contributed by atoms with Gasteiger partial charge in [0.15, 0.2) is 5.96 Å². The number of nitrogens with zero attached hydrogens (tertiary/aromatic N) is 2. The average Bonchev–Trinajstić information content (AvgIpc) is 3.40. The number of ether oxygens (including phenoxy) is 1. The van der Waals surface area contributed by atoms with E-state index in [1.165, 1.54) is 12.8 Å². The smallest absolute Gasteiger partial charge is 0.193 e. The molecule has 5 nitrogen and oxygen atoms in total. The van der Waals surface area contributed by atoms with Crippen molar-refractivity contribution in [1.82, 2.24) is 10.2 Å². The molecule has 0 saturated heterocycles. The number of likely N-dealkylation sites (N-methyl/N-ethyl adjacent to an activating group) is 1. The molecule has 0 heterocycles. The van der Waals surface area contributed by atoms with Crippen molar-refractivity contribution in [2.75, 3.05) is 39.9 Å². The second-order valence-corrected chi connectivity index (χ2v) is 6.64. The van der Waals surface area contributed by atoms with Crippen LogP contribution in [-0.4, -0.2) is 55.9 Å². The Hall–Kier alpha value is -1.30. The summed E-state index contributed by atoms with van der Waals surface area (Å²) in [5.41, 5.74) is 0.814. The van der Waals surface area contributed by atoms with Crippen LogP contribution in [0.5, 0.6) is 0 Å². The number of benzene rings is 1. The number of halogens is 1. The lowest BCUT2D eigenvalue weighted by Crippen LogP contribution is -2.40. The molecule has 24 heavy (non-hydrogen) atoms. The van der Waals surface area contributed by atoms with Crippen molar-refractivity contribution in [3.05, 3.63) is 34.9 Å². The third-order valence-electron chi connectivity index (χ3n) is 3.99. The second-order valence-electron chi connectivity index (χ2n) is 6.20. The van der Waals surface area contributed by atoms with Crippen LogP contribution in [0, 0.1) is 5.92 Å². The Kier molecular flexibility index (Phi) is 7.82. The minimum absolute atomic E-state index is 0.303. The maximum atomic E-state index is 10.3. The molecule has 1 aliphatic carbocycles. The van der Waals surface area contributed by atoms with Crippen molar-refractivity contribution in [2.24, 2.45) is 10.9 Å². The van der Waals surface area contributed by atoms with Crippen LogP contribution in [0.1, 0.15) is 31.4 Å². The van der Waals surface area contributed by atoms with Gasteiger partial charge < -0.3 is 20.1 Å². The van der Waals surface area contributed by atoms with Crippen LogP contribution in [0.2, 0.25) is 5.02 Å². The molecule has 0 radical (unpaired) electrons. The van der Waals surface area contributed by atoms with Crippen molar-refractivity contribution in [3.8, 4) is 0 Å². The number of aliphatic hydroxyl groups excluding tert-OH is 1. The van der Waals surface area contributed by atoms with Gasteiger partial charge in [-0.2, -0.15) is 0 Å². The van der Waals surface area contributed by atoms with Gasteiger partial charge in [0, 0.05) is 31.8 Å². The van der Waals surface area contributed by atoms with E-state index in [4.69, 9.17) is 16.3 Å². The molecular weight excluding hydrogens is 326 g/mol. The fourth-order valence-corrected chi connectivity index (χ4v) is 2.40. The van der Waals surface area contributed by atoms with Gasteiger partial charge in [0.2, 0.25) is 0 Å². The van der Waals surface area contributed by atoms with Gasteiger partial charge in [-0.3, -0.25) is 4.99 Å². The van der Waals surface area contributed by atoms with Crippen molar-refractivity contribution in [2.45, 2.75) is 25.9 Å². The van der Waals surface area contributed by atoms with Crippen LogP contribution in [-0.2, 0) is 4.74 Å². The molecule has 1 fully saturated rings. The van der Waals surface area contributed by atoms with E-state index < -0.39 is 6.10 Å². The first kappa shape index (κ1) is 19.0. The summed E-state index contributed by atoms with van der Waals surface area (Å²) in [6.07, 6.45) is 1.97. The fraction of sp³-hybridized carbons (Fsp3) is 0.611. The molecule has 1 aromatic rings. The van der Waals surface area contributed by atoms with E-state index in [0.717, 1.165) is 37.1 Å². The van der Waals surface area contributed by atoms with Crippen LogP contribution in [0.4, 0.5) is 0 Å². The molecule has 0 aliphatic heterocycles. The summed E-state index contributed by atoms with van der Waals surface area (Å²) < 4.78 is 5.68. The molecule has 1 aromatic carbocycles. The van der Waals surface area contributed by atoms with Gasteiger partial charge in [0.05, 0.1) is 19.3 Å². The summed E-state index contributed by atoms with van der Waals surface area (Å²) in [4.78, 5) is 6.56. The van der Waals surface area contributed by atoms with E-state index in [9.17, 15) is 5.11 Å². The van der Waals surface area contributed by atoms with Crippen molar-refractivity contribution < 1.29 is 9.84 Å². The zero-order valence-electron chi connectivity index (χ0n) is 14.5. The standard InChI is InChI=1S/C18H28ClN3O2/c1-3-20-18(22(2)10-11-24-13-14-4-5-14)21-12-17(23)15-6-8-16(19)9-7-15/h6-9,14,17,23H,3-5,10-13H2,1-2H3,(H,20,21). The second kappa shape index (κ2) is 9.87. The van der Waals surface area contributed by atoms with E-state index in [1.807, 2.05) is 31.0 Å². The fourth-order valence-electron chi connectivity index (χ4n) is 2.27. The van der Waals surface area contributed by atoms with E-state index in [0.29, 0.717) is 18.2 Å². The minimum atomic E-state index is -0.643. The maximum Gasteiger partial charge on any atom is 0.193 e. The zero-order valence-corrected chi connectivity index (χ0v) is 15.3. The van der Waals surface area contributed by atoms with Gasteiger partial charge in [0.25, 0.3) is 0 Å². The highest BCUT2D eigenvalue weighted by Gasteiger charge is 2.21. The molecule has 1 atom stereocenters. The zero-order chi connectivity index (χ0) is 17.4. The lowest BCUT2D eigenvalue weighted by Gasteiger charge is -2.22. The summed E-state index contributed by atoms with van der Waals surface area (Å²) in [7, 11) is 1.98. The Morgan fingerprint density at radius 2 is 2.12 bits per heavy atom. The van der Waals surface area contributed by atoms with Gasteiger partial charge >= 0.3 is 0 Å². The molecule has 0 aromatic heterocycles. The molecule has 1 unspecified atom stereocenters. The molecule has 2 rings (SSSR count). The lowest BCUT2D eigenvalue weighted by molar-refractivity contribution is 0.115. The third-order valence-corrected chi connectivity index (χ3v) is 4.24. The largest absolute Gasteiger partial charge is 0.386 e. The number of nitrogens with one attached hydrogen (secondary N) is 1. The molecule has 1 saturated carbocycles. The minimum Gasteiger partial charge on any atom is -0.386 e.